The van der Waals surface area contributed by atoms with Crippen LogP contribution in [0.1, 0.15) is 31.0 Å². The van der Waals surface area contributed by atoms with Crippen molar-refractivity contribution in [2.24, 2.45) is 11.7 Å². The molecule has 5 heteroatoms. The van der Waals surface area contributed by atoms with E-state index in [1.807, 2.05) is 6.20 Å². The SMILES string of the molecule is Cc1ccccc1-n1nccc1CN1CCC(C(C)N)CC1.Cl. The normalized spacial score (nSPS) is 17.7. The minimum absolute atomic E-state index is 0. The molecule has 4 nitrogen and oxygen atoms in total. The van der Waals surface area contributed by atoms with Crippen LogP contribution in [0.5, 0.6) is 0 Å². The van der Waals surface area contributed by atoms with Gasteiger partial charge in [0.15, 0.2) is 0 Å². The van der Waals surface area contributed by atoms with Gasteiger partial charge >= 0.3 is 0 Å². The fourth-order valence-electron chi connectivity index (χ4n) is 3.33. The molecule has 0 amide bonds. The zero-order valence-electron chi connectivity index (χ0n) is 14.0. The van der Waals surface area contributed by atoms with Gasteiger partial charge < -0.3 is 5.73 Å². The number of rotatable bonds is 4. The molecule has 1 fully saturated rings. The van der Waals surface area contributed by atoms with Crippen LogP contribution < -0.4 is 5.73 Å². The molecule has 1 aromatic carbocycles. The molecule has 0 aliphatic carbocycles. The molecule has 2 N–H and O–H groups in total. The Balaban J connectivity index is 0.00000192. The van der Waals surface area contributed by atoms with Gasteiger partial charge in [0.1, 0.15) is 0 Å². The topological polar surface area (TPSA) is 47.1 Å². The van der Waals surface area contributed by atoms with Crippen molar-refractivity contribution >= 4 is 12.4 Å². The van der Waals surface area contributed by atoms with Gasteiger partial charge in [-0.25, -0.2) is 4.68 Å². The average Bonchev–Trinajstić information content (AvgIpc) is 2.96. The molecule has 0 bridgehead atoms. The average molecular weight is 335 g/mol. The van der Waals surface area contributed by atoms with Gasteiger partial charge in [-0.15, -0.1) is 12.4 Å². The molecule has 0 radical (unpaired) electrons. The van der Waals surface area contributed by atoms with Crippen LogP contribution in [0, 0.1) is 12.8 Å². The summed E-state index contributed by atoms with van der Waals surface area (Å²) in [5.74, 6) is 0.678. The molecule has 1 aliphatic heterocycles. The molecule has 3 rings (SSSR count). The molecule has 126 valence electrons. The first kappa shape index (κ1) is 18.0. The maximum Gasteiger partial charge on any atom is 0.0678 e. The standard InChI is InChI=1S/C18H26N4.ClH/c1-14-5-3-4-6-18(14)22-17(7-10-20-22)13-21-11-8-16(9-12-21)15(2)19;/h3-7,10,15-16H,8-9,11-13,19H2,1-2H3;1H. The van der Waals surface area contributed by atoms with E-state index in [-0.39, 0.29) is 12.4 Å². The summed E-state index contributed by atoms with van der Waals surface area (Å²) in [7, 11) is 0. The summed E-state index contributed by atoms with van der Waals surface area (Å²) < 4.78 is 2.08. The second-order valence-electron chi connectivity index (χ2n) is 6.49. The van der Waals surface area contributed by atoms with Gasteiger partial charge in [0.2, 0.25) is 0 Å². The number of para-hydroxylation sites is 1. The summed E-state index contributed by atoms with van der Waals surface area (Å²) in [4.78, 5) is 2.52. The van der Waals surface area contributed by atoms with Crippen LogP contribution in [0.25, 0.3) is 5.69 Å². The first-order valence-corrected chi connectivity index (χ1v) is 8.22. The lowest BCUT2D eigenvalue weighted by atomic mass is 9.91. The van der Waals surface area contributed by atoms with E-state index in [9.17, 15) is 0 Å². The smallest absolute Gasteiger partial charge is 0.0678 e. The van der Waals surface area contributed by atoms with Crippen LogP contribution >= 0.6 is 12.4 Å². The van der Waals surface area contributed by atoms with Crippen LogP contribution in [0.3, 0.4) is 0 Å². The molecule has 23 heavy (non-hydrogen) atoms. The summed E-state index contributed by atoms with van der Waals surface area (Å²) in [6.07, 6.45) is 4.31. The van der Waals surface area contributed by atoms with E-state index in [2.05, 4.69) is 58.9 Å². The van der Waals surface area contributed by atoms with Crippen molar-refractivity contribution in [2.75, 3.05) is 13.1 Å². The van der Waals surface area contributed by atoms with E-state index in [1.54, 1.807) is 0 Å². The Hall–Kier alpha value is -1.36. The highest BCUT2D eigenvalue weighted by atomic mass is 35.5. The fourth-order valence-corrected chi connectivity index (χ4v) is 3.33. The van der Waals surface area contributed by atoms with Gasteiger partial charge in [-0.2, -0.15) is 5.10 Å². The third-order valence-corrected chi connectivity index (χ3v) is 4.83. The lowest BCUT2D eigenvalue weighted by Crippen LogP contribution is -2.39. The first-order chi connectivity index (χ1) is 10.6. The van der Waals surface area contributed by atoms with Crippen LogP contribution in [0.2, 0.25) is 0 Å². The second-order valence-corrected chi connectivity index (χ2v) is 6.49. The number of aryl methyl sites for hydroxylation is 1. The molecule has 0 spiro atoms. The van der Waals surface area contributed by atoms with Gasteiger partial charge in [0.25, 0.3) is 0 Å². The fraction of sp³-hybridized carbons (Fsp3) is 0.500. The Morgan fingerprint density at radius 1 is 1.22 bits per heavy atom. The third kappa shape index (κ3) is 4.14. The Labute approximate surface area is 145 Å². The van der Waals surface area contributed by atoms with Crippen molar-refractivity contribution in [3.63, 3.8) is 0 Å². The summed E-state index contributed by atoms with van der Waals surface area (Å²) in [6.45, 7) is 7.48. The minimum atomic E-state index is 0. The summed E-state index contributed by atoms with van der Waals surface area (Å²) >= 11 is 0. The van der Waals surface area contributed by atoms with Crippen molar-refractivity contribution in [3.8, 4) is 5.69 Å². The molecule has 2 heterocycles. The molecule has 1 saturated heterocycles. The highest BCUT2D eigenvalue weighted by molar-refractivity contribution is 5.85. The number of aromatic nitrogens is 2. The highest BCUT2D eigenvalue weighted by Crippen LogP contribution is 2.22. The summed E-state index contributed by atoms with van der Waals surface area (Å²) in [6, 6.07) is 10.9. The minimum Gasteiger partial charge on any atom is -0.328 e. The van der Waals surface area contributed by atoms with Gasteiger partial charge in [-0.05, 0) is 63.4 Å². The van der Waals surface area contributed by atoms with E-state index in [0.29, 0.717) is 12.0 Å². The first-order valence-electron chi connectivity index (χ1n) is 8.22. The maximum absolute atomic E-state index is 6.03. The lowest BCUT2D eigenvalue weighted by Gasteiger charge is -2.33. The van der Waals surface area contributed by atoms with Crippen molar-refractivity contribution < 1.29 is 0 Å². The van der Waals surface area contributed by atoms with Gasteiger partial charge in [0, 0.05) is 18.8 Å². The van der Waals surface area contributed by atoms with E-state index in [4.69, 9.17) is 5.73 Å². The molecule has 1 atom stereocenters. The third-order valence-electron chi connectivity index (χ3n) is 4.83. The molecular weight excluding hydrogens is 308 g/mol. The molecule has 0 saturated carbocycles. The Morgan fingerprint density at radius 2 is 1.91 bits per heavy atom. The highest BCUT2D eigenvalue weighted by Gasteiger charge is 2.22. The van der Waals surface area contributed by atoms with Crippen LogP contribution in [0.4, 0.5) is 0 Å². The van der Waals surface area contributed by atoms with Crippen LogP contribution in [0.15, 0.2) is 36.5 Å². The number of likely N-dealkylation sites (tertiary alicyclic amines) is 1. The molecule has 1 aromatic heterocycles. The zero-order valence-corrected chi connectivity index (χ0v) is 14.8. The molecule has 1 unspecified atom stereocenters. The summed E-state index contributed by atoms with van der Waals surface area (Å²) in [5.41, 5.74) is 9.72. The van der Waals surface area contributed by atoms with E-state index >= 15 is 0 Å². The van der Waals surface area contributed by atoms with Crippen LogP contribution in [-0.4, -0.2) is 33.8 Å². The number of nitrogens with two attached hydrogens (primary N) is 1. The lowest BCUT2D eigenvalue weighted by molar-refractivity contribution is 0.163. The molecular formula is C18H27ClN4. The quantitative estimate of drug-likeness (QED) is 0.934. The van der Waals surface area contributed by atoms with Crippen molar-refractivity contribution in [2.45, 2.75) is 39.3 Å². The molecule has 2 aromatic rings. The second kappa shape index (κ2) is 7.95. The predicted octanol–water partition coefficient (Wildman–Crippen LogP) is 3.16. The summed E-state index contributed by atoms with van der Waals surface area (Å²) in [5, 5.41) is 4.53. The number of hydrogen-bond acceptors (Lipinski definition) is 3. The number of nitrogens with zero attached hydrogens (tertiary/aromatic N) is 3. The number of benzene rings is 1. The Bertz CT molecular complexity index is 615. The van der Waals surface area contributed by atoms with Crippen molar-refractivity contribution in [3.05, 3.63) is 47.8 Å². The zero-order chi connectivity index (χ0) is 15.5. The van der Waals surface area contributed by atoms with Crippen molar-refractivity contribution in [1.29, 1.82) is 0 Å². The Morgan fingerprint density at radius 3 is 2.57 bits per heavy atom. The van der Waals surface area contributed by atoms with E-state index in [1.165, 1.54) is 29.8 Å². The predicted molar refractivity (Wildman–Crippen MR) is 97.2 cm³/mol. The number of piperidine rings is 1. The number of halogens is 1. The van der Waals surface area contributed by atoms with Gasteiger partial charge in [0.05, 0.1) is 11.4 Å². The maximum atomic E-state index is 6.03. The van der Waals surface area contributed by atoms with E-state index < -0.39 is 0 Å². The largest absolute Gasteiger partial charge is 0.328 e. The Kier molecular flexibility index (Phi) is 6.22. The van der Waals surface area contributed by atoms with E-state index in [0.717, 1.165) is 19.6 Å². The van der Waals surface area contributed by atoms with Crippen molar-refractivity contribution in [1.82, 2.24) is 14.7 Å². The molecule has 1 aliphatic rings. The van der Waals surface area contributed by atoms with Gasteiger partial charge in [-0.3, -0.25) is 4.90 Å². The van der Waals surface area contributed by atoms with Crippen LogP contribution in [-0.2, 0) is 6.54 Å². The monoisotopic (exact) mass is 334 g/mol. The number of hydrogen-bond donors (Lipinski definition) is 1. The van der Waals surface area contributed by atoms with Gasteiger partial charge in [-0.1, -0.05) is 18.2 Å².